The molecule has 4 rings (SSSR count). The van der Waals surface area contributed by atoms with Gasteiger partial charge in [-0.1, -0.05) is 42.5 Å². The van der Waals surface area contributed by atoms with Crippen LogP contribution in [0.15, 0.2) is 60.8 Å². The van der Waals surface area contributed by atoms with Crippen molar-refractivity contribution in [2.45, 2.75) is 38.3 Å². The molecule has 0 saturated carbocycles. The van der Waals surface area contributed by atoms with E-state index in [0.717, 1.165) is 38.8 Å². The molecular formula is C27H29ClFN3O. The van der Waals surface area contributed by atoms with Crippen LogP contribution in [-0.2, 0) is 19.4 Å². The molecule has 0 bridgehead atoms. The summed E-state index contributed by atoms with van der Waals surface area (Å²) in [6.07, 6.45) is 5.25. The molecule has 0 radical (unpaired) electrons. The number of carbonyl (C=O) groups excluding carboxylic acids is 1. The zero-order valence-corrected chi connectivity index (χ0v) is 19.6. The summed E-state index contributed by atoms with van der Waals surface area (Å²) in [4.78, 5) is 19.2. The van der Waals surface area contributed by atoms with Crippen LogP contribution in [0.3, 0.4) is 0 Å². The maximum atomic E-state index is 14.0. The normalized spacial score (nSPS) is 15.2. The minimum Gasteiger partial charge on any atom is -0.337 e. The number of alkyl halides is 1. The maximum Gasteiger partial charge on any atom is 0.272 e. The third-order valence-corrected chi connectivity index (χ3v) is 6.59. The van der Waals surface area contributed by atoms with Gasteiger partial charge in [0.1, 0.15) is 11.5 Å². The molecule has 172 valence electrons. The number of rotatable bonds is 8. The summed E-state index contributed by atoms with van der Waals surface area (Å²) in [6, 6.07) is 16.8. The van der Waals surface area contributed by atoms with Crippen LogP contribution in [0.1, 0.15) is 40.0 Å². The van der Waals surface area contributed by atoms with Gasteiger partial charge in [0, 0.05) is 42.8 Å². The van der Waals surface area contributed by atoms with Crippen molar-refractivity contribution < 1.29 is 9.18 Å². The Hall–Kier alpha value is -2.76. The van der Waals surface area contributed by atoms with Gasteiger partial charge in [0.05, 0.1) is 0 Å². The van der Waals surface area contributed by atoms with Gasteiger partial charge in [0.25, 0.3) is 5.91 Å². The van der Waals surface area contributed by atoms with Gasteiger partial charge in [0.15, 0.2) is 0 Å². The van der Waals surface area contributed by atoms with Crippen molar-refractivity contribution in [3.8, 4) is 11.1 Å². The lowest BCUT2D eigenvalue weighted by Gasteiger charge is -2.32. The number of hydrogen-bond acceptors (Lipinski definition) is 3. The topological polar surface area (TPSA) is 45.2 Å². The van der Waals surface area contributed by atoms with Crippen molar-refractivity contribution in [3.05, 3.63) is 89.0 Å². The largest absolute Gasteiger partial charge is 0.337 e. The van der Waals surface area contributed by atoms with Gasteiger partial charge in [-0.25, -0.2) is 4.39 Å². The van der Waals surface area contributed by atoms with Crippen LogP contribution in [0.4, 0.5) is 4.39 Å². The van der Waals surface area contributed by atoms with E-state index >= 15 is 0 Å². The molecule has 1 aromatic heterocycles. The Morgan fingerprint density at radius 2 is 2.03 bits per heavy atom. The van der Waals surface area contributed by atoms with Crippen LogP contribution in [0, 0.1) is 5.82 Å². The second-order valence-electron chi connectivity index (χ2n) is 8.55. The molecule has 1 unspecified atom stereocenters. The molecule has 1 amide bonds. The van der Waals surface area contributed by atoms with Crippen molar-refractivity contribution in [1.29, 1.82) is 0 Å². The molecule has 1 aliphatic carbocycles. The fourth-order valence-corrected chi connectivity index (χ4v) is 4.51. The second kappa shape index (κ2) is 10.9. The number of aryl methyl sites for hydroxylation is 1. The highest BCUT2D eigenvalue weighted by Gasteiger charge is 2.26. The Labute approximate surface area is 199 Å². The lowest BCUT2D eigenvalue weighted by molar-refractivity contribution is 0.0713. The van der Waals surface area contributed by atoms with Crippen molar-refractivity contribution in [2.24, 2.45) is 0 Å². The van der Waals surface area contributed by atoms with E-state index in [1.165, 1.54) is 22.8 Å². The van der Waals surface area contributed by atoms with Crippen LogP contribution in [0.5, 0.6) is 0 Å². The predicted molar refractivity (Wildman–Crippen MR) is 131 cm³/mol. The number of nitrogens with one attached hydrogen (secondary N) is 1. The van der Waals surface area contributed by atoms with E-state index < -0.39 is 0 Å². The summed E-state index contributed by atoms with van der Waals surface area (Å²) >= 11 is 5.73. The first-order chi connectivity index (χ1) is 16.1. The number of aromatic nitrogens is 1. The minimum atomic E-state index is -0.300. The van der Waals surface area contributed by atoms with Crippen LogP contribution in [0.2, 0.25) is 0 Å². The molecule has 0 fully saturated rings. The average molecular weight is 466 g/mol. The fraction of sp³-hybridized carbons (Fsp3) is 0.333. The van der Waals surface area contributed by atoms with Gasteiger partial charge in [-0.2, -0.15) is 0 Å². The molecule has 1 atom stereocenters. The molecule has 0 saturated heterocycles. The van der Waals surface area contributed by atoms with Gasteiger partial charge in [-0.15, -0.1) is 11.6 Å². The summed E-state index contributed by atoms with van der Waals surface area (Å²) < 4.78 is 14.0. The summed E-state index contributed by atoms with van der Waals surface area (Å²) in [5, 5.41) is 3.42. The van der Waals surface area contributed by atoms with Gasteiger partial charge in [-0.05, 0) is 61.1 Å². The molecule has 0 spiro atoms. The number of amides is 1. The summed E-state index contributed by atoms with van der Waals surface area (Å²) in [5.41, 5.74) is 5.48. The highest BCUT2D eigenvalue weighted by molar-refractivity contribution is 6.17. The van der Waals surface area contributed by atoms with E-state index in [4.69, 9.17) is 11.6 Å². The molecule has 1 N–H and O–H groups in total. The zero-order valence-electron chi connectivity index (χ0n) is 18.9. The second-order valence-corrected chi connectivity index (χ2v) is 8.92. The SMILES string of the molecule is CN(C(=O)c1ccc(-c2ccccc2F)cn1)C1CCc2cc(CNCCCCl)ccc2C1. The number of hydrogen-bond donors (Lipinski definition) is 1. The monoisotopic (exact) mass is 465 g/mol. The molecule has 3 aromatic rings. The quantitative estimate of drug-likeness (QED) is 0.365. The van der Waals surface area contributed by atoms with E-state index in [-0.39, 0.29) is 17.8 Å². The molecule has 1 heterocycles. The van der Waals surface area contributed by atoms with E-state index in [1.54, 1.807) is 41.4 Å². The summed E-state index contributed by atoms with van der Waals surface area (Å²) in [7, 11) is 1.85. The van der Waals surface area contributed by atoms with Crippen LogP contribution in [-0.4, -0.2) is 41.3 Å². The molecule has 2 aromatic carbocycles. The fourth-order valence-electron chi connectivity index (χ4n) is 4.38. The number of carbonyl (C=O) groups is 1. The van der Waals surface area contributed by atoms with E-state index in [9.17, 15) is 9.18 Å². The highest BCUT2D eigenvalue weighted by Crippen LogP contribution is 2.27. The first-order valence-corrected chi connectivity index (χ1v) is 12.0. The molecule has 33 heavy (non-hydrogen) atoms. The first-order valence-electron chi connectivity index (χ1n) is 11.4. The molecule has 4 nitrogen and oxygen atoms in total. The number of benzene rings is 2. The Bertz CT molecular complexity index is 1100. The van der Waals surface area contributed by atoms with Crippen molar-refractivity contribution >= 4 is 17.5 Å². The van der Waals surface area contributed by atoms with Gasteiger partial charge >= 0.3 is 0 Å². The number of nitrogens with zero attached hydrogens (tertiary/aromatic N) is 2. The van der Waals surface area contributed by atoms with E-state index in [0.29, 0.717) is 22.7 Å². The number of pyridine rings is 1. The van der Waals surface area contributed by atoms with Crippen molar-refractivity contribution in [1.82, 2.24) is 15.2 Å². The number of likely N-dealkylation sites (N-methyl/N-ethyl adjacent to an activating group) is 1. The average Bonchev–Trinajstić information content (AvgIpc) is 2.86. The number of halogens is 2. The zero-order chi connectivity index (χ0) is 23.2. The third kappa shape index (κ3) is 5.60. The first kappa shape index (κ1) is 23.4. The summed E-state index contributed by atoms with van der Waals surface area (Å²) in [6.45, 7) is 1.77. The van der Waals surface area contributed by atoms with Gasteiger partial charge < -0.3 is 10.2 Å². The lowest BCUT2D eigenvalue weighted by Crippen LogP contribution is -2.41. The molecular weight excluding hydrogens is 437 g/mol. The third-order valence-electron chi connectivity index (χ3n) is 6.32. The smallest absolute Gasteiger partial charge is 0.272 e. The molecule has 1 aliphatic rings. The lowest BCUT2D eigenvalue weighted by atomic mass is 9.86. The Morgan fingerprint density at radius 1 is 1.18 bits per heavy atom. The Balaban J connectivity index is 1.39. The van der Waals surface area contributed by atoms with Crippen LogP contribution < -0.4 is 5.32 Å². The molecule has 0 aliphatic heterocycles. The minimum absolute atomic E-state index is 0.108. The van der Waals surface area contributed by atoms with Crippen LogP contribution in [0.25, 0.3) is 11.1 Å². The standard InChI is InChI=1S/C27H29ClFN3O/c1-32(27(33)26-12-10-22(18-31-26)24-5-2-3-6-25(24)29)23-11-9-20-15-19(7-8-21(20)16-23)17-30-14-4-13-28/h2-3,5-8,10,12,15,18,23,30H,4,9,11,13-14,16-17H2,1H3. The van der Waals surface area contributed by atoms with Crippen LogP contribution >= 0.6 is 11.6 Å². The van der Waals surface area contributed by atoms with E-state index in [1.807, 2.05) is 7.05 Å². The molecule has 6 heteroatoms. The van der Waals surface area contributed by atoms with E-state index in [2.05, 4.69) is 28.5 Å². The number of fused-ring (bicyclic) bond motifs is 1. The van der Waals surface area contributed by atoms with Crippen molar-refractivity contribution in [2.75, 3.05) is 19.5 Å². The van der Waals surface area contributed by atoms with Gasteiger partial charge in [0.2, 0.25) is 0 Å². The highest BCUT2D eigenvalue weighted by atomic mass is 35.5. The predicted octanol–water partition coefficient (Wildman–Crippen LogP) is 5.24. The van der Waals surface area contributed by atoms with Gasteiger partial charge in [-0.3, -0.25) is 9.78 Å². The Kier molecular flexibility index (Phi) is 7.73. The Morgan fingerprint density at radius 3 is 2.79 bits per heavy atom. The summed E-state index contributed by atoms with van der Waals surface area (Å²) in [5.74, 6) is 0.269. The van der Waals surface area contributed by atoms with Crippen molar-refractivity contribution in [3.63, 3.8) is 0 Å². The maximum absolute atomic E-state index is 14.0.